The number of carbonyl (C=O) groups is 1. The molecule has 0 bridgehead atoms. The van der Waals surface area contributed by atoms with Gasteiger partial charge in [0.25, 0.3) is 5.91 Å². The second kappa shape index (κ2) is 6.70. The summed E-state index contributed by atoms with van der Waals surface area (Å²) in [4.78, 5) is 22.8. The number of hydrogen-bond acceptors (Lipinski definition) is 4. The number of carbonyl (C=O) groups excluding carboxylic acids is 1. The summed E-state index contributed by atoms with van der Waals surface area (Å²) in [7, 11) is 0. The number of amides is 1. The van der Waals surface area contributed by atoms with Crippen LogP contribution in [0.4, 0.5) is 24.7 Å². The zero-order valence-electron chi connectivity index (χ0n) is 13.6. The predicted octanol–water partition coefficient (Wildman–Crippen LogP) is 3.66. The average molecular weight is 350 g/mol. The molecule has 0 spiro atoms. The van der Waals surface area contributed by atoms with Crippen molar-refractivity contribution in [2.24, 2.45) is 0 Å². The third-order valence-corrected chi connectivity index (χ3v) is 3.97. The minimum absolute atomic E-state index is 0.0476. The Morgan fingerprint density at radius 2 is 1.84 bits per heavy atom. The van der Waals surface area contributed by atoms with Crippen LogP contribution in [0.5, 0.6) is 0 Å². The summed E-state index contributed by atoms with van der Waals surface area (Å²) < 4.78 is 39.2. The highest BCUT2D eigenvalue weighted by Crippen LogP contribution is 2.34. The molecule has 0 aliphatic carbocycles. The second-order valence-electron chi connectivity index (χ2n) is 5.85. The van der Waals surface area contributed by atoms with Crippen molar-refractivity contribution in [2.75, 3.05) is 23.3 Å². The number of hydrogen-bond donors (Lipinski definition) is 1. The number of benzene rings is 1. The molecule has 3 rings (SSSR count). The van der Waals surface area contributed by atoms with Crippen LogP contribution in [0.1, 0.15) is 34.7 Å². The fourth-order valence-corrected chi connectivity index (χ4v) is 2.80. The lowest BCUT2D eigenvalue weighted by molar-refractivity contribution is -0.136. The molecule has 1 fully saturated rings. The van der Waals surface area contributed by atoms with Gasteiger partial charge in [0, 0.05) is 19.2 Å². The fraction of sp³-hybridized carbons (Fsp3) is 0.353. The summed E-state index contributed by atoms with van der Waals surface area (Å²) in [5.41, 5.74) is -1.14. The van der Waals surface area contributed by atoms with Gasteiger partial charge in [-0.3, -0.25) is 4.79 Å². The minimum atomic E-state index is -4.55. The Morgan fingerprint density at radius 1 is 1.16 bits per heavy atom. The van der Waals surface area contributed by atoms with E-state index in [-0.39, 0.29) is 11.4 Å². The molecule has 1 saturated heterocycles. The monoisotopic (exact) mass is 350 g/mol. The van der Waals surface area contributed by atoms with Crippen molar-refractivity contribution in [2.45, 2.75) is 25.9 Å². The van der Waals surface area contributed by atoms with Gasteiger partial charge >= 0.3 is 6.18 Å². The van der Waals surface area contributed by atoms with Crippen LogP contribution >= 0.6 is 0 Å². The zero-order chi connectivity index (χ0) is 18.0. The number of aryl methyl sites for hydroxylation is 1. The molecule has 2 heterocycles. The van der Waals surface area contributed by atoms with Crippen LogP contribution in [0.3, 0.4) is 0 Å². The van der Waals surface area contributed by atoms with Crippen LogP contribution in [-0.2, 0) is 6.18 Å². The van der Waals surface area contributed by atoms with E-state index < -0.39 is 17.6 Å². The molecule has 2 aromatic rings. The van der Waals surface area contributed by atoms with Gasteiger partial charge in [-0.1, -0.05) is 12.1 Å². The van der Waals surface area contributed by atoms with Gasteiger partial charge in [-0.25, -0.2) is 9.97 Å². The third-order valence-electron chi connectivity index (χ3n) is 3.97. The van der Waals surface area contributed by atoms with Gasteiger partial charge < -0.3 is 10.2 Å². The molecule has 1 N–H and O–H groups in total. The quantitative estimate of drug-likeness (QED) is 0.918. The van der Waals surface area contributed by atoms with Gasteiger partial charge in [0.15, 0.2) is 0 Å². The number of aromatic nitrogens is 2. The van der Waals surface area contributed by atoms with E-state index >= 15 is 0 Å². The molecule has 1 aliphatic rings. The van der Waals surface area contributed by atoms with Gasteiger partial charge in [0.2, 0.25) is 0 Å². The van der Waals surface area contributed by atoms with Crippen molar-refractivity contribution < 1.29 is 18.0 Å². The fourth-order valence-electron chi connectivity index (χ4n) is 2.80. The molecule has 1 aromatic carbocycles. The maximum Gasteiger partial charge on any atom is 0.418 e. The lowest BCUT2D eigenvalue weighted by Crippen LogP contribution is -2.22. The molecule has 132 valence electrons. The van der Waals surface area contributed by atoms with Gasteiger partial charge in [0.05, 0.1) is 11.3 Å². The van der Waals surface area contributed by atoms with E-state index in [1.165, 1.54) is 24.3 Å². The van der Waals surface area contributed by atoms with E-state index in [1.807, 2.05) is 4.90 Å². The first-order valence-corrected chi connectivity index (χ1v) is 7.93. The number of anilines is 2. The number of alkyl halides is 3. The van der Waals surface area contributed by atoms with Crippen molar-refractivity contribution >= 4 is 17.4 Å². The number of rotatable bonds is 3. The Labute approximate surface area is 142 Å². The van der Waals surface area contributed by atoms with Crippen molar-refractivity contribution in [3.63, 3.8) is 0 Å². The average Bonchev–Trinajstić information content (AvgIpc) is 3.08. The molecule has 5 nitrogen and oxygen atoms in total. The normalized spacial score (nSPS) is 14.6. The highest BCUT2D eigenvalue weighted by molar-refractivity contribution is 6.03. The van der Waals surface area contributed by atoms with E-state index in [1.54, 1.807) is 6.92 Å². The van der Waals surface area contributed by atoms with Crippen molar-refractivity contribution in [3.8, 4) is 0 Å². The lowest BCUT2D eigenvalue weighted by atomic mass is 10.1. The number of nitrogens with zero attached hydrogens (tertiary/aromatic N) is 3. The molecular weight excluding hydrogens is 333 g/mol. The molecule has 8 heteroatoms. The Balaban J connectivity index is 1.87. The van der Waals surface area contributed by atoms with Crippen LogP contribution in [0, 0.1) is 6.92 Å². The van der Waals surface area contributed by atoms with E-state index in [0.717, 1.165) is 32.0 Å². The largest absolute Gasteiger partial charge is 0.418 e. The smallest absolute Gasteiger partial charge is 0.356 e. The molecule has 1 amide bonds. The van der Waals surface area contributed by atoms with Crippen LogP contribution < -0.4 is 10.2 Å². The molecule has 1 aliphatic heterocycles. The molecule has 0 unspecified atom stereocenters. The van der Waals surface area contributed by atoms with Crippen LogP contribution in [-0.4, -0.2) is 29.0 Å². The summed E-state index contributed by atoms with van der Waals surface area (Å²) in [6, 6.07) is 6.38. The van der Waals surface area contributed by atoms with Crippen molar-refractivity contribution in [1.82, 2.24) is 9.97 Å². The van der Waals surface area contributed by atoms with Gasteiger partial charge in [0.1, 0.15) is 17.3 Å². The van der Waals surface area contributed by atoms with Gasteiger partial charge in [-0.15, -0.1) is 0 Å². The highest BCUT2D eigenvalue weighted by Gasteiger charge is 2.33. The number of nitrogens with one attached hydrogen (secondary N) is 1. The maximum absolute atomic E-state index is 13.1. The highest BCUT2D eigenvalue weighted by atomic mass is 19.4. The van der Waals surface area contributed by atoms with E-state index in [4.69, 9.17) is 0 Å². The summed E-state index contributed by atoms with van der Waals surface area (Å²) in [6.45, 7) is 3.34. The molecule has 1 aromatic heterocycles. The summed E-state index contributed by atoms with van der Waals surface area (Å²) in [5.74, 6) is 0.334. The molecular formula is C17H17F3N4O. The summed E-state index contributed by atoms with van der Waals surface area (Å²) >= 11 is 0. The Morgan fingerprint density at radius 3 is 2.52 bits per heavy atom. The Hall–Kier alpha value is -2.64. The number of para-hydroxylation sites is 1. The maximum atomic E-state index is 13.1. The lowest BCUT2D eigenvalue weighted by Gasteiger charge is -2.18. The first kappa shape index (κ1) is 17.2. The Bertz CT molecular complexity index is 786. The van der Waals surface area contributed by atoms with E-state index in [2.05, 4.69) is 15.3 Å². The Kier molecular flexibility index (Phi) is 4.61. The topological polar surface area (TPSA) is 58.1 Å². The summed E-state index contributed by atoms with van der Waals surface area (Å²) in [5, 5.41) is 2.31. The van der Waals surface area contributed by atoms with Crippen LogP contribution in [0.25, 0.3) is 0 Å². The van der Waals surface area contributed by atoms with Gasteiger partial charge in [-0.05, 0) is 31.9 Å². The van der Waals surface area contributed by atoms with E-state index in [9.17, 15) is 18.0 Å². The molecule has 25 heavy (non-hydrogen) atoms. The van der Waals surface area contributed by atoms with Gasteiger partial charge in [-0.2, -0.15) is 13.2 Å². The van der Waals surface area contributed by atoms with Crippen LogP contribution in [0.2, 0.25) is 0 Å². The minimum Gasteiger partial charge on any atom is -0.356 e. The SMILES string of the molecule is Cc1nc(C(=O)Nc2ccccc2C(F)(F)F)cc(N2CCCC2)n1. The zero-order valence-corrected chi connectivity index (χ0v) is 13.6. The van der Waals surface area contributed by atoms with Crippen molar-refractivity contribution in [1.29, 1.82) is 0 Å². The molecule has 0 atom stereocenters. The summed E-state index contributed by atoms with van der Waals surface area (Å²) in [6.07, 6.45) is -2.46. The molecule has 0 radical (unpaired) electrons. The predicted molar refractivity (Wildman–Crippen MR) is 87.6 cm³/mol. The van der Waals surface area contributed by atoms with Crippen molar-refractivity contribution in [3.05, 3.63) is 47.4 Å². The first-order valence-electron chi connectivity index (χ1n) is 7.93. The standard InChI is InChI=1S/C17H17F3N4O/c1-11-21-14(10-15(22-11)24-8-4-5-9-24)16(25)23-13-7-3-2-6-12(13)17(18,19)20/h2-3,6-7,10H,4-5,8-9H2,1H3,(H,23,25). The first-order chi connectivity index (χ1) is 11.8. The van der Waals surface area contributed by atoms with Crippen LogP contribution in [0.15, 0.2) is 30.3 Å². The van der Waals surface area contributed by atoms with E-state index in [0.29, 0.717) is 11.6 Å². The number of halogens is 3. The second-order valence-corrected chi connectivity index (χ2v) is 5.85. The molecule has 0 saturated carbocycles. The third kappa shape index (κ3) is 3.89.